The first-order valence-electron chi connectivity index (χ1n) is 10.1. The zero-order valence-electron chi connectivity index (χ0n) is 16.6. The van der Waals surface area contributed by atoms with E-state index in [4.69, 9.17) is 0 Å². The van der Waals surface area contributed by atoms with E-state index in [1.54, 1.807) is 0 Å². The highest BCUT2D eigenvalue weighted by molar-refractivity contribution is 14.0. The summed E-state index contributed by atoms with van der Waals surface area (Å²) < 4.78 is 0. The summed E-state index contributed by atoms with van der Waals surface area (Å²) in [5.74, 6) is 0.962. The molecule has 2 fully saturated rings. The quantitative estimate of drug-likeness (QED) is 0.341. The Balaban J connectivity index is 0.00000225. The molecule has 0 bridgehead atoms. The fraction of sp³-hybridized carbons (Fsp3) is 0.500. The Morgan fingerprint density at radius 1 is 1.14 bits per heavy atom. The number of aliphatic imine (C=N–C) groups is 1. The molecule has 1 saturated carbocycles. The second-order valence-electron chi connectivity index (χ2n) is 7.95. The van der Waals surface area contributed by atoms with Crippen molar-refractivity contribution in [1.82, 2.24) is 10.6 Å². The van der Waals surface area contributed by atoms with Crippen LogP contribution in [0.1, 0.15) is 31.2 Å². The molecular weight excluding hydrogens is 479 g/mol. The summed E-state index contributed by atoms with van der Waals surface area (Å²) in [4.78, 5) is 6.97. The maximum Gasteiger partial charge on any atom is 0.191 e. The Morgan fingerprint density at radius 2 is 1.89 bits per heavy atom. The van der Waals surface area contributed by atoms with Gasteiger partial charge in [0.2, 0.25) is 0 Å². The molecule has 152 valence electrons. The largest absolute Gasteiger partial charge is 0.363 e. The number of thiophene rings is 1. The number of benzene rings is 1. The van der Waals surface area contributed by atoms with E-state index < -0.39 is 0 Å². The molecule has 6 heteroatoms. The number of piperidine rings is 1. The topological polar surface area (TPSA) is 39.7 Å². The molecule has 0 unspecified atom stereocenters. The number of nitrogens with one attached hydrogen (secondary N) is 2. The number of halogens is 1. The van der Waals surface area contributed by atoms with Crippen LogP contribution in [0.4, 0.5) is 5.00 Å². The van der Waals surface area contributed by atoms with Crippen LogP contribution in [0.3, 0.4) is 0 Å². The van der Waals surface area contributed by atoms with E-state index in [1.807, 2.05) is 18.4 Å². The fourth-order valence-corrected chi connectivity index (χ4v) is 4.76. The summed E-state index contributed by atoms with van der Waals surface area (Å²) in [5.41, 5.74) is 1.86. The average Bonchev–Trinajstić information content (AvgIpc) is 3.25. The minimum atomic E-state index is 0. The number of anilines is 1. The van der Waals surface area contributed by atoms with Gasteiger partial charge in [0.05, 0.1) is 5.00 Å². The van der Waals surface area contributed by atoms with Crippen LogP contribution in [0.25, 0.3) is 0 Å². The minimum absolute atomic E-state index is 0. The first-order chi connectivity index (χ1) is 13.3. The predicted molar refractivity (Wildman–Crippen MR) is 131 cm³/mol. The van der Waals surface area contributed by atoms with Gasteiger partial charge in [-0.1, -0.05) is 30.3 Å². The van der Waals surface area contributed by atoms with Crippen molar-refractivity contribution in [1.29, 1.82) is 0 Å². The maximum atomic E-state index is 4.47. The standard InChI is InChI=1S/C22H30N4S.HI/c1-23-21(24-17-22(11-12-22)16-18-6-3-2-4-7-18)25-19-9-13-26(14-10-19)20-8-5-15-27-20;/h2-8,15,19H,9-14,16-17H2,1H3,(H2,23,24,25);1H. The molecule has 2 aliphatic rings. The predicted octanol–water partition coefficient (Wildman–Crippen LogP) is 4.52. The molecule has 28 heavy (non-hydrogen) atoms. The number of hydrogen-bond donors (Lipinski definition) is 2. The normalized spacial score (nSPS) is 19.0. The van der Waals surface area contributed by atoms with E-state index in [-0.39, 0.29) is 24.0 Å². The second kappa shape index (κ2) is 9.96. The van der Waals surface area contributed by atoms with Gasteiger partial charge >= 0.3 is 0 Å². The van der Waals surface area contributed by atoms with Gasteiger partial charge in [0.15, 0.2) is 5.96 Å². The highest BCUT2D eigenvalue weighted by Crippen LogP contribution is 2.47. The van der Waals surface area contributed by atoms with Crippen LogP contribution in [-0.2, 0) is 6.42 Å². The molecule has 1 aromatic carbocycles. The van der Waals surface area contributed by atoms with Crippen molar-refractivity contribution in [2.24, 2.45) is 10.4 Å². The van der Waals surface area contributed by atoms with Crippen molar-refractivity contribution < 1.29 is 0 Å². The smallest absolute Gasteiger partial charge is 0.191 e. The molecule has 2 heterocycles. The van der Waals surface area contributed by atoms with Crippen LogP contribution in [0.5, 0.6) is 0 Å². The van der Waals surface area contributed by atoms with Crippen molar-refractivity contribution in [2.45, 2.75) is 38.1 Å². The van der Waals surface area contributed by atoms with Crippen LogP contribution in [0.2, 0.25) is 0 Å². The Bertz CT molecular complexity index is 735. The molecule has 4 nitrogen and oxygen atoms in total. The van der Waals surface area contributed by atoms with Crippen LogP contribution in [0.15, 0.2) is 52.8 Å². The lowest BCUT2D eigenvalue weighted by Crippen LogP contribution is -2.49. The van der Waals surface area contributed by atoms with Gasteiger partial charge in [0, 0.05) is 32.7 Å². The molecular formula is C22H31IN4S. The SMILES string of the molecule is CN=C(NCC1(Cc2ccccc2)CC1)NC1CCN(c2cccs2)CC1.I. The Hall–Kier alpha value is -1.28. The monoisotopic (exact) mass is 510 g/mol. The van der Waals surface area contributed by atoms with E-state index >= 15 is 0 Å². The van der Waals surface area contributed by atoms with E-state index in [0.717, 1.165) is 44.9 Å². The van der Waals surface area contributed by atoms with E-state index in [2.05, 4.69) is 68.4 Å². The second-order valence-corrected chi connectivity index (χ2v) is 8.87. The minimum Gasteiger partial charge on any atom is -0.363 e. The Kier molecular flexibility index (Phi) is 7.62. The van der Waals surface area contributed by atoms with Gasteiger partial charge in [0.1, 0.15) is 0 Å². The van der Waals surface area contributed by atoms with Crippen LogP contribution < -0.4 is 15.5 Å². The molecule has 1 aliphatic carbocycles. The van der Waals surface area contributed by atoms with Crippen molar-refractivity contribution >= 4 is 46.3 Å². The van der Waals surface area contributed by atoms with Crippen molar-refractivity contribution in [3.8, 4) is 0 Å². The number of rotatable bonds is 6. The molecule has 4 rings (SSSR count). The number of guanidine groups is 1. The van der Waals surface area contributed by atoms with Gasteiger partial charge in [-0.25, -0.2) is 0 Å². The third-order valence-corrected chi connectivity index (χ3v) is 6.82. The molecule has 2 N–H and O–H groups in total. The zero-order chi connectivity index (χ0) is 18.5. The number of hydrogen-bond acceptors (Lipinski definition) is 3. The van der Waals surface area contributed by atoms with Gasteiger partial charge in [-0.2, -0.15) is 0 Å². The summed E-state index contributed by atoms with van der Waals surface area (Å²) in [6, 6.07) is 15.7. The van der Waals surface area contributed by atoms with Gasteiger partial charge in [-0.05, 0) is 60.6 Å². The van der Waals surface area contributed by atoms with Crippen molar-refractivity contribution in [3.63, 3.8) is 0 Å². The van der Waals surface area contributed by atoms with Crippen LogP contribution in [0, 0.1) is 5.41 Å². The zero-order valence-corrected chi connectivity index (χ0v) is 19.7. The van der Waals surface area contributed by atoms with Crippen molar-refractivity contribution in [3.05, 3.63) is 53.4 Å². The summed E-state index contributed by atoms with van der Waals surface area (Å²) in [6.07, 6.45) is 6.11. The summed E-state index contributed by atoms with van der Waals surface area (Å²) in [7, 11) is 1.88. The van der Waals surface area contributed by atoms with E-state index in [1.165, 1.54) is 23.4 Å². The average molecular weight is 510 g/mol. The highest BCUT2D eigenvalue weighted by atomic mass is 127. The molecule has 1 saturated heterocycles. The third kappa shape index (κ3) is 5.63. The summed E-state index contributed by atoms with van der Waals surface area (Å²) in [5, 5.41) is 10.8. The molecule has 0 spiro atoms. The third-order valence-electron chi connectivity index (χ3n) is 5.89. The molecule has 1 aromatic heterocycles. The van der Waals surface area contributed by atoms with Gasteiger partial charge < -0.3 is 15.5 Å². The van der Waals surface area contributed by atoms with Gasteiger partial charge in [0.25, 0.3) is 0 Å². The van der Waals surface area contributed by atoms with Gasteiger partial charge in [-0.15, -0.1) is 35.3 Å². The van der Waals surface area contributed by atoms with Gasteiger partial charge in [-0.3, -0.25) is 4.99 Å². The lowest BCUT2D eigenvalue weighted by atomic mass is 9.96. The molecule has 1 aliphatic heterocycles. The Labute approximate surface area is 189 Å². The lowest BCUT2D eigenvalue weighted by Gasteiger charge is -2.33. The maximum absolute atomic E-state index is 4.47. The molecule has 2 aromatic rings. The first-order valence-corrected chi connectivity index (χ1v) is 10.9. The van der Waals surface area contributed by atoms with Crippen LogP contribution >= 0.6 is 35.3 Å². The molecule has 0 atom stereocenters. The Morgan fingerprint density at radius 3 is 2.50 bits per heavy atom. The number of nitrogens with zero attached hydrogens (tertiary/aromatic N) is 2. The van der Waals surface area contributed by atoms with Crippen LogP contribution in [-0.4, -0.2) is 38.7 Å². The summed E-state index contributed by atoms with van der Waals surface area (Å²) >= 11 is 1.84. The van der Waals surface area contributed by atoms with E-state index in [9.17, 15) is 0 Å². The highest BCUT2D eigenvalue weighted by Gasteiger charge is 2.42. The summed E-state index contributed by atoms with van der Waals surface area (Å²) in [6.45, 7) is 3.25. The molecule has 0 amide bonds. The fourth-order valence-electron chi connectivity index (χ4n) is 3.97. The molecule has 0 radical (unpaired) electrons. The lowest BCUT2D eigenvalue weighted by molar-refractivity contribution is 0.452. The van der Waals surface area contributed by atoms with Crippen molar-refractivity contribution in [2.75, 3.05) is 31.6 Å². The van der Waals surface area contributed by atoms with E-state index in [0.29, 0.717) is 11.5 Å². The first kappa shape index (κ1) is 21.4.